The number of anilines is 1. The fraction of sp³-hybridized carbons (Fsp3) is 0.0909. The van der Waals surface area contributed by atoms with E-state index in [1.54, 1.807) is 19.3 Å². The first-order valence-corrected chi connectivity index (χ1v) is 10.5. The Labute approximate surface area is 187 Å². The molecule has 10 heteroatoms. The molecule has 0 spiro atoms. The number of pyridine rings is 1. The Morgan fingerprint density at radius 1 is 1.03 bits per heavy atom. The number of nitrogens with one attached hydrogen (secondary N) is 1. The van der Waals surface area contributed by atoms with Crippen LogP contribution < -0.4 is 5.32 Å². The third-order valence-electron chi connectivity index (χ3n) is 4.58. The van der Waals surface area contributed by atoms with Crippen LogP contribution in [0.15, 0.2) is 84.3 Å². The van der Waals surface area contributed by atoms with Crippen molar-refractivity contribution >= 4 is 29.0 Å². The van der Waals surface area contributed by atoms with Crippen LogP contribution in [0.1, 0.15) is 6.92 Å². The second-order valence-electron chi connectivity index (χ2n) is 6.77. The van der Waals surface area contributed by atoms with E-state index >= 15 is 0 Å². The SMILES string of the molecule is CC(Sc1nnc(-c2ccncc2)n1-c1ccccc1)C(=O)Nc1ccc([N+](=O)[O-])cc1. The van der Waals surface area contributed by atoms with E-state index in [1.807, 2.05) is 47.0 Å². The van der Waals surface area contributed by atoms with E-state index in [1.165, 1.54) is 36.0 Å². The first-order valence-electron chi connectivity index (χ1n) is 9.66. The Morgan fingerprint density at radius 3 is 2.38 bits per heavy atom. The van der Waals surface area contributed by atoms with Crippen LogP contribution in [-0.2, 0) is 4.79 Å². The van der Waals surface area contributed by atoms with Crippen molar-refractivity contribution in [1.29, 1.82) is 0 Å². The molecule has 0 saturated heterocycles. The van der Waals surface area contributed by atoms with Crippen molar-refractivity contribution < 1.29 is 9.72 Å². The summed E-state index contributed by atoms with van der Waals surface area (Å²) in [7, 11) is 0. The second-order valence-corrected chi connectivity index (χ2v) is 8.07. The van der Waals surface area contributed by atoms with Crippen molar-refractivity contribution in [2.24, 2.45) is 0 Å². The molecule has 1 amide bonds. The van der Waals surface area contributed by atoms with E-state index in [9.17, 15) is 14.9 Å². The van der Waals surface area contributed by atoms with E-state index in [4.69, 9.17) is 0 Å². The van der Waals surface area contributed by atoms with Gasteiger partial charge in [0.2, 0.25) is 5.91 Å². The summed E-state index contributed by atoms with van der Waals surface area (Å²) in [5.74, 6) is 0.390. The van der Waals surface area contributed by atoms with Crippen LogP contribution in [0.4, 0.5) is 11.4 Å². The molecule has 1 N–H and O–H groups in total. The molecule has 0 fully saturated rings. The summed E-state index contributed by atoms with van der Waals surface area (Å²) in [6.45, 7) is 1.77. The highest BCUT2D eigenvalue weighted by Crippen LogP contribution is 2.30. The first-order chi connectivity index (χ1) is 15.5. The highest BCUT2D eigenvalue weighted by Gasteiger charge is 2.22. The van der Waals surface area contributed by atoms with Crippen LogP contribution in [0, 0.1) is 10.1 Å². The number of thioether (sulfide) groups is 1. The molecule has 32 heavy (non-hydrogen) atoms. The fourth-order valence-corrected chi connectivity index (χ4v) is 3.83. The molecule has 1 unspecified atom stereocenters. The Balaban J connectivity index is 1.57. The number of non-ortho nitro benzene ring substituents is 1. The maximum Gasteiger partial charge on any atom is 0.269 e. The molecule has 4 rings (SSSR count). The lowest BCUT2D eigenvalue weighted by molar-refractivity contribution is -0.384. The third kappa shape index (κ3) is 4.65. The van der Waals surface area contributed by atoms with E-state index in [0.29, 0.717) is 16.7 Å². The molecular weight excluding hydrogens is 428 g/mol. The average molecular weight is 446 g/mol. The van der Waals surface area contributed by atoms with Gasteiger partial charge in [-0.3, -0.25) is 24.5 Å². The van der Waals surface area contributed by atoms with Gasteiger partial charge in [-0.2, -0.15) is 0 Å². The number of carbonyl (C=O) groups excluding carboxylic acids is 1. The van der Waals surface area contributed by atoms with Gasteiger partial charge < -0.3 is 5.32 Å². The highest BCUT2D eigenvalue weighted by atomic mass is 32.2. The van der Waals surface area contributed by atoms with Crippen molar-refractivity contribution in [3.8, 4) is 17.1 Å². The maximum atomic E-state index is 12.7. The third-order valence-corrected chi connectivity index (χ3v) is 5.63. The summed E-state index contributed by atoms with van der Waals surface area (Å²) >= 11 is 1.27. The van der Waals surface area contributed by atoms with E-state index in [-0.39, 0.29) is 11.6 Å². The number of benzene rings is 2. The molecule has 0 aliphatic heterocycles. The summed E-state index contributed by atoms with van der Waals surface area (Å²) in [6.07, 6.45) is 3.37. The molecule has 0 aliphatic rings. The average Bonchev–Trinajstić information content (AvgIpc) is 3.24. The molecule has 2 aromatic heterocycles. The van der Waals surface area contributed by atoms with Crippen LogP contribution in [-0.4, -0.2) is 35.8 Å². The predicted octanol–water partition coefficient (Wildman–Crippen LogP) is 4.36. The van der Waals surface area contributed by atoms with Crippen LogP contribution in [0.2, 0.25) is 0 Å². The van der Waals surface area contributed by atoms with E-state index in [0.717, 1.165) is 11.3 Å². The molecule has 0 radical (unpaired) electrons. The Bertz CT molecular complexity index is 1230. The monoisotopic (exact) mass is 446 g/mol. The summed E-state index contributed by atoms with van der Waals surface area (Å²) in [5.41, 5.74) is 2.17. The lowest BCUT2D eigenvalue weighted by Gasteiger charge is -2.14. The molecule has 4 aromatic rings. The zero-order valence-corrected chi connectivity index (χ0v) is 17.8. The van der Waals surface area contributed by atoms with Gasteiger partial charge in [-0.05, 0) is 43.3 Å². The summed E-state index contributed by atoms with van der Waals surface area (Å²) in [4.78, 5) is 27.1. The lowest BCUT2D eigenvalue weighted by atomic mass is 10.2. The van der Waals surface area contributed by atoms with Crippen molar-refractivity contribution in [2.45, 2.75) is 17.3 Å². The van der Waals surface area contributed by atoms with Crippen LogP contribution >= 0.6 is 11.8 Å². The van der Waals surface area contributed by atoms with Crippen molar-refractivity contribution in [2.75, 3.05) is 5.32 Å². The summed E-state index contributed by atoms with van der Waals surface area (Å²) < 4.78 is 1.90. The van der Waals surface area contributed by atoms with Crippen LogP contribution in [0.5, 0.6) is 0 Å². The molecule has 160 valence electrons. The first kappa shape index (κ1) is 21.2. The Morgan fingerprint density at radius 2 is 1.72 bits per heavy atom. The van der Waals surface area contributed by atoms with Gasteiger partial charge in [0.15, 0.2) is 11.0 Å². The number of rotatable bonds is 7. The fourth-order valence-electron chi connectivity index (χ4n) is 2.97. The lowest BCUT2D eigenvalue weighted by Crippen LogP contribution is -2.22. The summed E-state index contributed by atoms with van der Waals surface area (Å²) in [5, 5.41) is 22.3. The molecule has 0 saturated carbocycles. The molecule has 0 aliphatic carbocycles. The van der Waals surface area contributed by atoms with Gasteiger partial charge in [0.1, 0.15) is 0 Å². The minimum absolute atomic E-state index is 0.0370. The van der Waals surface area contributed by atoms with Crippen molar-refractivity contribution in [3.63, 3.8) is 0 Å². The molecular formula is C22H18N6O3S. The van der Waals surface area contributed by atoms with E-state index in [2.05, 4.69) is 20.5 Å². The smallest absolute Gasteiger partial charge is 0.269 e. The minimum Gasteiger partial charge on any atom is -0.325 e. The van der Waals surface area contributed by atoms with Gasteiger partial charge in [0, 0.05) is 41.5 Å². The van der Waals surface area contributed by atoms with E-state index < -0.39 is 10.2 Å². The number of aromatic nitrogens is 4. The Kier molecular flexibility index (Phi) is 6.22. The summed E-state index contributed by atoms with van der Waals surface area (Å²) in [6, 6.07) is 19.1. The van der Waals surface area contributed by atoms with Gasteiger partial charge in [0.05, 0.1) is 10.2 Å². The number of nitro benzene ring substituents is 1. The molecule has 2 heterocycles. The van der Waals surface area contributed by atoms with Crippen molar-refractivity contribution in [3.05, 3.63) is 89.2 Å². The maximum absolute atomic E-state index is 12.7. The Hall–Kier alpha value is -4.05. The topological polar surface area (TPSA) is 116 Å². The van der Waals surface area contributed by atoms with Gasteiger partial charge in [-0.25, -0.2) is 0 Å². The number of nitro groups is 1. The van der Waals surface area contributed by atoms with Crippen LogP contribution in [0.3, 0.4) is 0 Å². The van der Waals surface area contributed by atoms with Gasteiger partial charge in [-0.15, -0.1) is 10.2 Å². The number of hydrogen-bond donors (Lipinski definition) is 1. The number of carbonyl (C=O) groups is 1. The molecule has 1 atom stereocenters. The number of nitrogens with zero attached hydrogens (tertiary/aromatic N) is 5. The predicted molar refractivity (Wildman–Crippen MR) is 122 cm³/mol. The number of hydrogen-bond acceptors (Lipinski definition) is 7. The quantitative estimate of drug-likeness (QED) is 0.255. The van der Waals surface area contributed by atoms with Gasteiger partial charge in [-0.1, -0.05) is 30.0 Å². The van der Waals surface area contributed by atoms with Gasteiger partial charge in [0.25, 0.3) is 5.69 Å². The van der Waals surface area contributed by atoms with Crippen LogP contribution in [0.25, 0.3) is 17.1 Å². The largest absolute Gasteiger partial charge is 0.325 e. The van der Waals surface area contributed by atoms with Crippen molar-refractivity contribution in [1.82, 2.24) is 19.7 Å². The second kappa shape index (κ2) is 9.40. The standard InChI is InChI=1S/C22H18N6O3S/c1-15(21(29)24-17-7-9-19(10-8-17)28(30)31)32-22-26-25-20(16-11-13-23-14-12-16)27(22)18-5-3-2-4-6-18/h2-15H,1H3,(H,24,29). The number of amides is 1. The number of para-hydroxylation sites is 1. The molecule has 0 bridgehead atoms. The van der Waals surface area contributed by atoms with Gasteiger partial charge >= 0.3 is 0 Å². The normalized spacial score (nSPS) is 11.7. The molecule has 2 aromatic carbocycles. The highest BCUT2D eigenvalue weighted by molar-refractivity contribution is 8.00. The minimum atomic E-state index is -0.498. The zero-order chi connectivity index (χ0) is 22.5. The molecule has 9 nitrogen and oxygen atoms in total. The zero-order valence-electron chi connectivity index (χ0n) is 17.0.